The molecule has 0 aromatic heterocycles. The van der Waals surface area contributed by atoms with Gasteiger partial charge in [0.15, 0.2) is 0 Å². The van der Waals surface area contributed by atoms with Crippen molar-refractivity contribution in [1.29, 1.82) is 0 Å². The normalized spacial score (nSPS) is 14.7. The average molecular weight is 243 g/mol. The molecule has 1 amide bonds. The van der Waals surface area contributed by atoms with Crippen LogP contribution in [0.4, 0.5) is 0 Å². The number of carbonyl (C=O) groups excluding carboxylic acids is 1. The lowest BCUT2D eigenvalue weighted by molar-refractivity contribution is -0.129. The van der Waals surface area contributed by atoms with Gasteiger partial charge in [0.2, 0.25) is 5.91 Å². The fourth-order valence-electron chi connectivity index (χ4n) is 1.46. The first-order valence-corrected chi connectivity index (χ1v) is 6.84. The second kappa shape index (κ2) is 8.51. The zero-order valence-corrected chi connectivity index (χ0v) is 12.1. The molecule has 1 atom stereocenters. The van der Waals surface area contributed by atoms with Crippen LogP contribution in [0.15, 0.2) is 0 Å². The highest BCUT2D eigenvalue weighted by Gasteiger charge is 2.26. The molecule has 0 heterocycles. The first kappa shape index (κ1) is 16.4. The topological polar surface area (TPSA) is 38.3 Å². The van der Waals surface area contributed by atoms with Crippen molar-refractivity contribution in [3.05, 3.63) is 0 Å². The first-order valence-electron chi connectivity index (χ1n) is 6.84. The molecule has 0 fully saturated rings. The van der Waals surface area contributed by atoms with Gasteiger partial charge in [0.25, 0.3) is 0 Å². The Kier molecular flexibility index (Phi) is 8.23. The Bertz CT molecular complexity index is 216. The van der Waals surface area contributed by atoms with Gasteiger partial charge in [-0.3, -0.25) is 4.79 Å². The van der Waals surface area contributed by atoms with E-state index in [0.717, 1.165) is 32.4 Å². The number of rotatable bonds is 9. The summed E-state index contributed by atoms with van der Waals surface area (Å²) >= 11 is 0. The van der Waals surface area contributed by atoms with E-state index in [0.29, 0.717) is 12.3 Å². The maximum Gasteiger partial charge on any atom is 0.222 e. The molecular formula is C14H29NO2. The van der Waals surface area contributed by atoms with Crippen LogP contribution in [0, 0.1) is 5.92 Å². The van der Waals surface area contributed by atoms with E-state index in [4.69, 9.17) is 4.74 Å². The van der Waals surface area contributed by atoms with Crippen LogP contribution in [0.5, 0.6) is 0 Å². The van der Waals surface area contributed by atoms with E-state index < -0.39 is 0 Å². The summed E-state index contributed by atoms with van der Waals surface area (Å²) in [5.41, 5.74) is -0.309. The lowest BCUT2D eigenvalue weighted by Gasteiger charge is -2.28. The van der Waals surface area contributed by atoms with Crippen molar-refractivity contribution in [1.82, 2.24) is 5.32 Å². The second-order valence-electron chi connectivity index (χ2n) is 5.38. The van der Waals surface area contributed by atoms with Gasteiger partial charge in [-0.15, -0.1) is 0 Å². The summed E-state index contributed by atoms with van der Waals surface area (Å²) in [6.45, 7) is 11.9. The van der Waals surface area contributed by atoms with Gasteiger partial charge in [0, 0.05) is 13.2 Å². The lowest BCUT2D eigenvalue weighted by Crippen LogP contribution is -2.37. The number of unbranched alkanes of at least 4 members (excludes halogenated alkanes) is 1. The third kappa shape index (κ3) is 8.19. The van der Waals surface area contributed by atoms with Gasteiger partial charge in [0.1, 0.15) is 0 Å². The van der Waals surface area contributed by atoms with Crippen LogP contribution >= 0.6 is 0 Å². The molecule has 1 N–H and O–H groups in total. The molecule has 0 aliphatic rings. The standard InChI is InChI=1S/C14H29NO2/c1-6-8-9-17-14(5,7-2)10-13(16)15-11-12(3)4/h12H,6-11H2,1-5H3,(H,15,16). The fourth-order valence-corrected chi connectivity index (χ4v) is 1.46. The molecule has 0 saturated carbocycles. The summed E-state index contributed by atoms with van der Waals surface area (Å²) in [5.74, 6) is 0.590. The van der Waals surface area contributed by atoms with Crippen molar-refractivity contribution in [3.63, 3.8) is 0 Å². The lowest BCUT2D eigenvalue weighted by atomic mass is 9.98. The van der Waals surface area contributed by atoms with Crippen molar-refractivity contribution in [2.45, 2.75) is 65.9 Å². The van der Waals surface area contributed by atoms with Gasteiger partial charge < -0.3 is 10.1 Å². The Morgan fingerprint density at radius 1 is 1.35 bits per heavy atom. The Morgan fingerprint density at radius 2 is 2.00 bits per heavy atom. The maximum absolute atomic E-state index is 11.8. The minimum absolute atomic E-state index is 0.0968. The highest BCUT2D eigenvalue weighted by Crippen LogP contribution is 2.20. The SMILES string of the molecule is CCCCOC(C)(CC)CC(=O)NCC(C)C. The van der Waals surface area contributed by atoms with Gasteiger partial charge in [0.05, 0.1) is 12.0 Å². The van der Waals surface area contributed by atoms with E-state index in [-0.39, 0.29) is 11.5 Å². The predicted molar refractivity (Wildman–Crippen MR) is 72.0 cm³/mol. The molecule has 0 aromatic rings. The average Bonchev–Trinajstić information content (AvgIpc) is 2.27. The molecule has 0 rings (SSSR count). The largest absolute Gasteiger partial charge is 0.375 e. The molecular weight excluding hydrogens is 214 g/mol. The number of carbonyl (C=O) groups is 1. The molecule has 0 aliphatic carbocycles. The van der Waals surface area contributed by atoms with Crippen molar-refractivity contribution >= 4 is 5.91 Å². The van der Waals surface area contributed by atoms with E-state index >= 15 is 0 Å². The minimum atomic E-state index is -0.309. The second-order valence-corrected chi connectivity index (χ2v) is 5.38. The molecule has 0 spiro atoms. The quantitative estimate of drug-likeness (QED) is 0.632. The van der Waals surface area contributed by atoms with Crippen LogP contribution in [0.3, 0.4) is 0 Å². The van der Waals surface area contributed by atoms with E-state index in [1.165, 1.54) is 0 Å². The summed E-state index contributed by atoms with van der Waals surface area (Å²) < 4.78 is 5.84. The molecule has 0 aliphatic heterocycles. The van der Waals surface area contributed by atoms with Gasteiger partial charge >= 0.3 is 0 Å². The van der Waals surface area contributed by atoms with E-state index in [1.807, 2.05) is 6.92 Å². The molecule has 17 heavy (non-hydrogen) atoms. The minimum Gasteiger partial charge on any atom is -0.375 e. The van der Waals surface area contributed by atoms with Crippen molar-refractivity contribution in [2.75, 3.05) is 13.2 Å². The van der Waals surface area contributed by atoms with Crippen LogP contribution in [-0.4, -0.2) is 24.7 Å². The Morgan fingerprint density at radius 3 is 2.47 bits per heavy atom. The summed E-state index contributed by atoms with van der Waals surface area (Å²) in [6.07, 6.45) is 3.51. The Balaban J connectivity index is 4.03. The number of hydrogen-bond donors (Lipinski definition) is 1. The Hall–Kier alpha value is -0.570. The number of hydrogen-bond acceptors (Lipinski definition) is 2. The van der Waals surface area contributed by atoms with Crippen LogP contribution in [0.25, 0.3) is 0 Å². The third-order valence-electron chi connectivity index (χ3n) is 2.94. The summed E-state index contributed by atoms with van der Waals surface area (Å²) in [6, 6.07) is 0. The molecule has 3 heteroatoms. The molecule has 0 radical (unpaired) electrons. The van der Waals surface area contributed by atoms with Crippen LogP contribution in [0.1, 0.15) is 60.3 Å². The highest BCUT2D eigenvalue weighted by molar-refractivity contribution is 5.76. The predicted octanol–water partition coefficient (Wildman–Crippen LogP) is 3.13. The van der Waals surface area contributed by atoms with Gasteiger partial charge in [-0.25, -0.2) is 0 Å². The van der Waals surface area contributed by atoms with Crippen molar-refractivity contribution < 1.29 is 9.53 Å². The molecule has 1 unspecified atom stereocenters. The summed E-state index contributed by atoms with van der Waals surface area (Å²) in [5, 5.41) is 2.94. The zero-order valence-electron chi connectivity index (χ0n) is 12.1. The van der Waals surface area contributed by atoms with Crippen molar-refractivity contribution in [3.8, 4) is 0 Å². The van der Waals surface area contributed by atoms with E-state index in [1.54, 1.807) is 0 Å². The number of ether oxygens (including phenoxy) is 1. The van der Waals surface area contributed by atoms with Crippen molar-refractivity contribution in [2.24, 2.45) is 5.92 Å². The van der Waals surface area contributed by atoms with Gasteiger partial charge in [-0.2, -0.15) is 0 Å². The monoisotopic (exact) mass is 243 g/mol. The molecule has 0 aromatic carbocycles. The number of amides is 1. The van der Waals surface area contributed by atoms with E-state index in [9.17, 15) is 4.79 Å². The highest BCUT2D eigenvalue weighted by atomic mass is 16.5. The first-order chi connectivity index (χ1) is 7.93. The van der Waals surface area contributed by atoms with Crippen LogP contribution in [0.2, 0.25) is 0 Å². The molecule has 0 bridgehead atoms. The fraction of sp³-hybridized carbons (Fsp3) is 0.929. The Labute approximate surface area is 106 Å². The summed E-state index contributed by atoms with van der Waals surface area (Å²) in [7, 11) is 0. The van der Waals surface area contributed by atoms with Gasteiger partial charge in [-0.05, 0) is 25.7 Å². The smallest absolute Gasteiger partial charge is 0.222 e. The van der Waals surface area contributed by atoms with Crippen LogP contribution in [-0.2, 0) is 9.53 Å². The maximum atomic E-state index is 11.8. The van der Waals surface area contributed by atoms with Gasteiger partial charge in [-0.1, -0.05) is 34.1 Å². The molecule has 0 saturated heterocycles. The zero-order chi connectivity index (χ0) is 13.3. The number of nitrogens with one attached hydrogen (secondary N) is 1. The van der Waals surface area contributed by atoms with Crippen LogP contribution < -0.4 is 5.32 Å². The third-order valence-corrected chi connectivity index (χ3v) is 2.94. The van der Waals surface area contributed by atoms with E-state index in [2.05, 4.69) is 33.0 Å². The molecule has 3 nitrogen and oxygen atoms in total. The summed E-state index contributed by atoms with van der Waals surface area (Å²) in [4.78, 5) is 11.8. The molecule has 102 valence electrons.